The molecule has 10 heteroatoms. The van der Waals surface area contributed by atoms with E-state index in [0.29, 0.717) is 34.0 Å². The summed E-state index contributed by atoms with van der Waals surface area (Å²) in [7, 11) is 0. The number of benzene rings is 1. The Hall–Kier alpha value is -3.50. The lowest BCUT2D eigenvalue weighted by Crippen LogP contribution is -2.14. The van der Waals surface area contributed by atoms with Gasteiger partial charge in [0.25, 0.3) is 5.56 Å². The summed E-state index contributed by atoms with van der Waals surface area (Å²) in [4.78, 5) is 22.1. The lowest BCUT2D eigenvalue weighted by Gasteiger charge is -2.11. The third-order valence-electron chi connectivity index (χ3n) is 4.94. The predicted octanol–water partition coefficient (Wildman–Crippen LogP) is 4.40. The van der Waals surface area contributed by atoms with E-state index in [9.17, 15) is 4.79 Å². The molecule has 0 aliphatic carbocycles. The van der Waals surface area contributed by atoms with Crippen molar-refractivity contribution in [2.45, 2.75) is 24.8 Å². The standard InChI is InChI=1S/C23H20N6O2S2/c1-3-31-19-8-6-18(7-9-19)29-21(16-5-4-10-24-12-16)26-27-23(29)33-14-17-11-20(30)28-15(2)13-32-22(28)25-17/h4-13H,3,14H2,1-2H3. The summed E-state index contributed by atoms with van der Waals surface area (Å²) in [5.41, 5.74) is 3.29. The Balaban J connectivity index is 1.51. The monoisotopic (exact) mass is 476 g/mol. The minimum atomic E-state index is -0.0709. The fraction of sp³-hybridized carbons (Fsp3) is 0.174. The minimum absolute atomic E-state index is 0.0709. The number of aromatic nitrogens is 6. The Bertz CT molecular complexity index is 1460. The van der Waals surface area contributed by atoms with E-state index in [4.69, 9.17) is 4.74 Å². The van der Waals surface area contributed by atoms with E-state index in [-0.39, 0.29) is 5.56 Å². The van der Waals surface area contributed by atoms with E-state index < -0.39 is 0 Å². The Morgan fingerprint density at radius 1 is 1.15 bits per heavy atom. The van der Waals surface area contributed by atoms with Gasteiger partial charge in [-0.25, -0.2) is 4.98 Å². The highest BCUT2D eigenvalue weighted by Crippen LogP contribution is 2.30. The topological polar surface area (TPSA) is 87.2 Å². The summed E-state index contributed by atoms with van der Waals surface area (Å²) in [5, 5.41) is 11.5. The number of thiazole rings is 1. The van der Waals surface area contributed by atoms with Gasteiger partial charge in [-0.3, -0.25) is 18.7 Å². The maximum absolute atomic E-state index is 12.5. The number of thioether (sulfide) groups is 1. The Kier molecular flexibility index (Phi) is 5.93. The van der Waals surface area contributed by atoms with Crippen LogP contribution >= 0.6 is 23.1 Å². The maximum atomic E-state index is 12.5. The zero-order valence-electron chi connectivity index (χ0n) is 18.0. The second-order valence-corrected chi connectivity index (χ2v) is 8.96. The zero-order chi connectivity index (χ0) is 22.8. The normalized spacial score (nSPS) is 11.2. The fourth-order valence-electron chi connectivity index (χ4n) is 3.45. The molecular weight excluding hydrogens is 456 g/mol. The molecule has 33 heavy (non-hydrogen) atoms. The van der Waals surface area contributed by atoms with E-state index in [1.54, 1.807) is 22.9 Å². The third-order valence-corrected chi connectivity index (χ3v) is 6.84. The smallest absolute Gasteiger partial charge is 0.258 e. The molecule has 0 radical (unpaired) electrons. The van der Waals surface area contributed by atoms with Gasteiger partial charge in [0.05, 0.1) is 12.3 Å². The van der Waals surface area contributed by atoms with Gasteiger partial charge < -0.3 is 4.74 Å². The van der Waals surface area contributed by atoms with E-state index >= 15 is 0 Å². The molecule has 5 rings (SSSR count). The van der Waals surface area contributed by atoms with Crippen LogP contribution in [0.25, 0.3) is 22.0 Å². The molecule has 166 valence electrons. The van der Waals surface area contributed by atoms with Crippen LogP contribution in [0.1, 0.15) is 18.3 Å². The first-order valence-electron chi connectivity index (χ1n) is 10.3. The van der Waals surface area contributed by atoms with Gasteiger partial charge in [0.1, 0.15) is 5.75 Å². The van der Waals surface area contributed by atoms with Gasteiger partial charge in [-0.1, -0.05) is 11.8 Å². The molecule has 0 bridgehead atoms. The highest BCUT2D eigenvalue weighted by Gasteiger charge is 2.17. The summed E-state index contributed by atoms with van der Waals surface area (Å²) in [5.74, 6) is 1.98. The maximum Gasteiger partial charge on any atom is 0.258 e. The van der Waals surface area contributed by atoms with Crippen LogP contribution in [0.4, 0.5) is 0 Å². The number of hydrogen-bond acceptors (Lipinski definition) is 8. The number of rotatable bonds is 7. The molecule has 0 amide bonds. The van der Waals surface area contributed by atoms with Gasteiger partial charge in [0.2, 0.25) is 0 Å². The van der Waals surface area contributed by atoms with E-state index in [0.717, 1.165) is 22.7 Å². The molecule has 0 saturated heterocycles. The summed E-state index contributed by atoms with van der Waals surface area (Å²) in [6.45, 7) is 4.47. The molecule has 0 aliphatic heterocycles. The van der Waals surface area contributed by atoms with Gasteiger partial charge in [-0.2, -0.15) is 0 Å². The third kappa shape index (κ3) is 4.27. The van der Waals surface area contributed by atoms with Crippen LogP contribution in [0.3, 0.4) is 0 Å². The quantitative estimate of drug-likeness (QED) is 0.322. The first-order chi connectivity index (χ1) is 16.1. The van der Waals surface area contributed by atoms with Gasteiger partial charge in [-0.05, 0) is 50.2 Å². The van der Waals surface area contributed by atoms with Gasteiger partial charge in [0, 0.05) is 46.5 Å². The van der Waals surface area contributed by atoms with E-state index in [2.05, 4.69) is 20.2 Å². The van der Waals surface area contributed by atoms with Crippen LogP contribution < -0.4 is 10.3 Å². The molecule has 8 nitrogen and oxygen atoms in total. The number of pyridine rings is 1. The minimum Gasteiger partial charge on any atom is -0.494 e. The second-order valence-electron chi connectivity index (χ2n) is 7.18. The summed E-state index contributed by atoms with van der Waals surface area (Å²) in [6.07, 6.45) is 3.49. The van der Waals surface area contributed by atoms with Crippen LogP contribution in [0.2, 0.25) is 0 Å². The number of hydrogen-bond donors (Lipinski definition) is 0. The predicted molar refractivity (Wildman–Crippen MR) is 129 cm³/mol. The number of aryl methyl sites for hydroxylation is 1. The van der Waals surface area contributed by atoms with Crippen molar-refractivity contribution in [3.8, 4) is 22.8 Å². The van der Waals surface area contributed by atoms with Crippen LogP contribution in [0.5, 0.6) is 5.75 Å². The van der Waals surface area contributed by atoms with Crippen molar-refractivity contribution in [2.75, 3.05) is 6.61 Å². The van der Waals surface area contributed by atoms with Crippen LogP contribution in [-0.2, 0) is 5.75 Å². The van der Waals surface area contributed by atoms with Gasteiger partial charge >= 0.3 is 0 Å². The fourth-order valence-corrected chi connectivity index (χ4v) is 5.18. The first-order valence-corrected chi connectivity index (χ1v) is 12.2. The molecule has 0 saturated carbocycles. The molecule has 0 atom stereocenters. The van der Waals surface area contributed by atoms with Crippen LogP contribution in [-0.4, -0.2) is 35.7 Å². The van der Waals surface area contributed by atoms with E-state index in [1.165, 1.54) is 23.1 Å². The molecule has 0 N–H and O–H groups in total. The van der Waals surface area contributed by atoms with Crippen molar-refractivity contribution in [3.63, 3.8) is 0 Å². The number of fused-ring (bicyclic) bond motifs is 1. The zero-order valence-corrected chi connectivity index (χ0v) is 19.6. The molecule has 5 aromatic rings. The Morgan fingerprint density at radius 2 is 2.00 bits per heavy atom. The molecule has 4 heterocycles. The number of ether oxygens (including phenoxy) is 1. The lowest BCUT2D eigenvalue weighted by atomic mass is 10.2. The Morgan fingerprint density at radius 3 is 2.76 bits per heavy atom. The molecule has 4 aromatic heterocycles. The van der Waals surface area contributed by atoms with Crippen molar-refractivity contribution in [1.82, 2.24) is 29.1 Å². The molecular formula is C23H20N6O2S2. The van der Waals surface area contributed by atoms with Crippen molar-refractivity contribution in [1.29, 1.82) is 0 Å². The average Bonchev–Trinajstić information content (AvgIpc) is 3.43. The SMILES string of the molecule is CCOc1ccc(-n2c(SCc3cc(=O)n4c(C)csc4n3)nnc2-c2cccnc2)cc1. The van der Waals surface area contributed by atoms with Crippen molar-refractivity contribution < 1.29 is 4.74 Å². The molecule has 0 unspecified atom stereocenters. The molecule has 0 spiro atoms. The first kappa shape index (κ1) is 21.4. The van der Waals surface area contributed by atoms with Crippen molar-refractivity contribution in [3.05, 3.63) is 82.0 Å². The highest BCUT2D eigenvalue weighted by molar-refractivity contribution is 7.98. The largest absolute Gasteiger partial charge is 0.494 e. The van der Waals surface area contributed by atoms with Crippen molar-refractivity contribution in [2.24, 2.45) is 0 Å². The summed E-state index contributed by atoms with van der Waals surface area (Å²) >= 11 is 2.94. The van der Waals surface area contributed by atoms with Crippen LogP contribution in [0, 0.1) is 6.92 Å². The summed E-state index contributed by atoms with van der Waals surface area (Å²) in [6, 6.07) is 13.2. The Labute approximate surface area is 197 Å². The van der Waals surface area contributed by atoms with Crippen molar-refractivity contribution >= 4 is 28.1 Å². The van der Waals surface area contributed by atoms with Gasteiger partial charge in [0.15, 0.2) is 15.9 Å². The second kappa shape index (κ2) is 9.16. The molecule has 1 aromatic carbocycles. The summed E-state index contributed by atoms with van der Waals surface area (Å²) < 4.78 is 9.19. The molecule has 0 aliphatic rings. The van der Waals surface area contributed by atoms with E-state index in [1.807, 2.05) is 60.2 Å². The van der Waals surface area contributed by atoms with Crippen LogP contribution in [0.15, 0.2) is 70.2 Å². The lowest BCUT2D eigenvalue weighted by molar-refractivity contribution is 0.340. The number of nitrogens with zero attached hydrogens (tertiary/aromatic N) is 6. The average molecular weight is 477 g/mol. The highest BCUT2D eigenvalue weighted by atomic mass is 32.2. The molecule has 0 fully saturated rings. The van der Waals surface area contributed by atoms with Gasteiger partial charge in [-0.15, -0.1) is 21.5 Å².